The quantitative estimate of drug-likeness (QED) is 0.831. The van der Waals surface area contributed by atoms with Crippen molar-refractivity contribution < 1.29 is 13.2 Å². The van der Waals surface area contributed by atoms with Crippen LogP contribution < -0.4 is 11.1 Å². The van der Waals surface area contributed by atoms with Crippen LogP contribution in [0.3, 0.4) is 0 Å². The molecule has 3 N–H and O–H groups in total. The highest BCUT2D eigenvalue weighted by molar-refractivity contribution is 8.00. The van der Waals surface area contributed by atoms with Crippen molar-refractivity contribution in [2.45, 2.75) is 24.3 Å². The SMILES string of the molecule is NC(=S)c1cc(C(F)(F)F)ccc1NCC1CCCS1. The Morgan fingerprint density at radius 2 is 2.20 bits per heavy atom. The van der Waals surface area contributed by atoms with Crippen molar-refractivity contribution in [3.63, 3.8) is 0 Å². The standard InChI is InChI=1S/C13H15F3N2S2/c14-13(15,16)8-3-4-11(10(6-8)12(17)19)18-7-9-2-1-5-20-9/h3-4,6,9,18H,1-2,5,7H2,(H2,17,19). The van der Waals surface area contributed by atoms with Gasteiger partial charge in [-0.25, -0.2) is 0 Å². The largest absolute Gasteiger partial charge is 0.416 e. The molecule has 20 heavy (non-hydrogen) atoms. The molecule has 7 heteroatoms. The summed E-state index contributed by atoms with van der Waals surface area (Å²) in [5, 5.41) is 3.66. The summed E-state index contributed by atoms with van der Waals surface area (Å²) in [4.78, 5) is -0.0299. The first kappa shape index (κ1) is 15.4. The maximum absolute atomic E-state index is 12.7. The fraction of sp³-hybridized carbons (Fsp3) is 0.462. The van der Waals surface area contributed by atoms with E-state index in [0.29, 0.717) is 17.5 Å². The van der Waals surface area contributed by atoms with Crippen molar-refractivity contribution in [1.29, 1.82) is 0 Å². The molecule has 1 unspecified atom stereocenters. The highest BCUT2D eigenvalue weighted by Gasteiger charge is 2.31. The average Bonchev–Trinajstić information content (AvgIpc) is 2.88. The third-order valence-corrected chi connectivity index (χ3v) is 4.77. The van der Waals surface area contributed by atoms with Gasteiger partial charge in [-0.2, -0.15) is 24.9 Å². The van der Waals surface area contributed by atoms with Gasteiger partial charge in [-0.1, -0.05) is 12.2 Å². The molecular formula is C13H15F3N2S2. The monoisotopic (exact) mass is 320 g/mol. The Morgan fingerprint density at radius 1 is 1.45 bits per heavy atom. The Labute approximate surface area is 125 Å². The molecule has 0 bridgehead atoms. The van der Waals surface area contributed by atoms with E-state index in [1.807, 2.05) is 11.8 Å². The molecule has 1 saturated heterocycles. The second-order valence-corrected chi connectivity index (χ2v) is 6.49. The summed E-state index contributed by atoms with van der Waals surface area (Å²) in [7, 11) is 0. The van der Waals surface area contributed by atoms with Gasteiger partial charge < -0.3 is 11.1 Å². The summed E-state index contributed by atoms with van der Waals surface area (Å²) in [5.74, 6) is 1.14. The Bertz CT molecular complexity index is 497. The first-order valence-electron chi connectivity index (χ1n) is 6.24. The molecule has 1 fully saturated rings. The summed E-state index contributed by atoms with van der Waals surface area (Å²) in [6, 6.07) is 3.45. The van der Waals surface area contributed by atoms with E-state index in [2.05, 4.69) is 5.32 Å². The first-order chi connectivity index (χ1) is 9.38. The van der Waals surface area contributed by atoms with E-state index in [1.54, 1.807) is 0 Å². The lowest BCUT2D eigenvalue weighted by atomic mass is 10.1. The number of hydrogen-bond acceptors (Lipinski definition) is 3. The normalized spacial score (nSPS) is 19.1. The summed E-state index contributed by atoms with van der Waals surface area (Å²) in [6.45, 7) is 0.714. The van der Waals surface area contributed by atoms with Crippen LogP contribution in [0.2, 0.25) is 0 Å². The molecule has 1 atom stereocenters. The molecule has 0 spiro atoms. The molecule has 0 radical (unpaired) electrons. The lowest BCUT2D eigenvalue weighted by Gasteiger charge is -2.16. The number of nitrogens with one attached hydrogen (secondary N) is 1. The second-order valence-electron chi connectivity index (χ2n) is 4.64. The lowest BCUT2D eigenvalue weighted by molar-refractivity contribution is -0.137. The van der Waals surface area contributed by atoms with Crippen LogP contribution in [0.1, 0.15) is 24.0 Å². The van der Waals surface area contributed by atoms with Crippen molar-refractivity contribution in [3.8, 4) is 0 Å². The van der Waals surface area contributed by atoms with Crippen molar-refractivity contribution in [1.82, 2.24) is 0 Å². The third kappa shape index (κ3) is 3.79. The van der Waals surface area contributed by atoms with Gasteiger partial charge >= 0.3 is 6.18 Å². The van der Waals surface area contributed by atoms with Gasteiger partial charge in [0.05, 0.1) is 5.56 Å². The van der Waals surface area contributed by atoms with E-state index in [9.17, 15) is 13.2 Å². The zero-order valence-electron chi connectivity index (χ0n) is 10.7. The summed E-state index contributed by atoms with van der Waals surface area (Å²) >= 11 is 6.72. The van der Waals surface area contributed by atoms with Gasteiger partial charge in [0, 0.05) is 23.0 Å². The molecule has 2 rings (SSSR count). The molecule has 0 aliphatic carbocycles. The lowest BCUT2D eigenvalue weighted by Crippen LogP contribution is -2.19. The first-order valence-corrected chi connectivity index (χ1v) is 7.70. The van der Waals surface area contributed by atoms with Crippen LogP contribution in [0.4, 0.5) is 18.9 Å². The van der Waals surface area contributed by atoms with Crippen LogP contribution in [0.15, 0.2) is 18.2 Å². The van der Waals surface area contributed by atoms with E-state index < -0.39 is 11.7 Å². The number of nitrogens with two attached hydrogens (primary N) is 1. The van der Waals surface area contributed by atoms with E-state index in [4.69, 9.17) is 18.0 Å². The topological polar surface area (TPSA) is 38.0 Å². The van der Waals surface area contributed by atoms with Crippen molar-refractivity contribution in [3.05, 3.63) is 29.3 Å². The van der Waals surface area contributed by atoms with Crippen LogP contribution in [-0.4, -0.2) is 22.5 Å². The van der Waals surface area contributed by atoms with Crippen molar-refractivity contribution in [2.75, 3.05) is 17.6 Å². The van der Waals surface area contributed by atoms with Gasteiger partial charge in [-0.05, 0) is 36.8 Å². The van der Waals surface area contributed by atoms with E-state index in [1.165, 1.54) is 12.5 Å². The number of benzene rings is 1. The Morgan fingerprint density at radius 3 is 2.75 bits per heavy atom. The molecule has 1 aliphatic heterocycles. The van der Waals surface area contributed by atoms with Gasteiger partial charge in [0.2, 0.25) is 0 Å². The van der Waals surface area contributed by atoms with Crippen LogP contribution in [0.5, 0.6) is 0 Å². The smallest absolute Gasteiger partial charge is 0.389 e. The van der Waals surface area contributed by atoms with Crippen molar-refractivity contribution in [2.24, 2.45) is 5.73 Å². The molecule has 0 saturated carbocycles. The number of alkyl halides is 3. The molecule has 110 valence electrons. The van der Waals surface area contributed by atoms with Crippen LogP contribution in [0.25, 0.3) is 0 Å². The minimum Gasteiger partial charge on any atom is -0.389 e. The molecule has 1 aromatic carbocycles. The fourth-order valence-corrected chi connectivity index (χ4v) is 3.48. The predicted octanol–water partition coefficient (Wildman–Crippen LogP) is 3.65. The molecular weight excluding hydrogens is 305 g/mol. The van der Waals surface area contributed by atoms with E-state index in [0.717, 1.165) is 24.3 Å². The van der Waals surface area contributed by atoms with Crippen molar-refractivity contribution >= 4 is 34.7 Å². The summed E-state index contributed by atoms with van der Waals surface area (Å²) < 4.78 is 38.1. The Balaban J connectivity index is 2.17. The van der Waals surface area contributed by atoms with Gasteiger partial charge in [0.25, 0.3) is 0 Å². The Hall–Kier alpha value is -0.950. The van der Waals surface area contributed by atoms with Crippen LogP contribution in [-0.2, 0) is 6.18 Å². The predicted molar refractivity (Wildman–Crippen MR) is 81.3 cm³/mol. The molecule has 0 aromatic heterocycles. The van der Waals surface area contributed by atoms with E-state index >= 15 is 0 Å². The highest BCUT2D eigenvalue weighted by atomic mass is 32.2. The zero-order valence-corrected chi connectivity index (χ0v) is 12.3. The summed E-state index contributed by atoms with van der Waals surface area (Å²) in [6.07, 6.45) is -2.08. The van der Waals surface area contributed by atoms with Crippen LogP contribution in [0, 0.1) is 0 Å². The number of hydrogen-bond donors (Lipinski definition) is 2. The molecule has 2 nitrogen and oxygen atoms in total. The number of halogens is 3. The van der Waals surface area contributed by atoms with Crippen LogP contribution >= 0.6 is 24.0 Å². The average molecular weight is 320 g/mol. The van der Waals surface area contributed by atoms with Gasteiger partial charge in [-0.15, -0.1) is 0 Å². The minimum absolute atomic E-state index is 0.0299. The summed E-state index contributed by atoms with van der Waals surface area (Å²) in [5.41, 5.74) is 5.61. The molecule has 1 heterocycles. The number of thiocarbonyl (C=S) groups is 1. The van der Waals surface area contributed by atoms with E-state index in [-0.39, 0.29) is 10.6 Å². The maximum Gasteiger partial charge on any atom is 0.416 e. The number of thioether (sulfide) groups is 1. The second kappa shape index (κ2) is 6.22. The molecule has 1 aromatic rings. The van der Waals surface area contributed by atoms with Gasteiger partial charge in [0.1, 0.15) is 4.99 Å². The maximum atomic E-state index is 12.7. The number of anilines is 1. The zero-order chi connectivity index (χ0) is 14.8. The molecule has 0 amide bonds. The third-order valence-electron chi connectivity index (χ3n) is 3.16. The number of rotatable bonds is 4. The fourth-order valence-electron chi connectivity index (χ4n) is 2.11. The van der Waals surface area contributed by atoms with Gasteiger partial charge in [0.15, 0.2) is 0 Å². The molecule has 1 aliphatic rings. The van der Waals surface area contributed by atoms with Gasteiger partial charge in [-0.3, -0.25) is 0 Å². The Kier molecular flexibility index (Phi) is 4.80. The highest BCUT2D eigenvalue weighted by Crippen LogP contribution is 2.32. The minimum atomic E-state index is -4.39.